The number of hydrogen-bond donors (Lipinski definition) is 1. The predicted molar refractivity (Wildman–Crippen MR) is 84.6 cm³/mol. The number of carbonyl (C=O) groups is 1. The van der Waals surface area contributed by atoms with Crippen molar-refractivity contribution in [2.45, 2.75) is 46.2 Å². The lowest BCUT2D eigenvalue weighted by molar-refractivity contribution is -0.129. The lowest BCUT2D eigenvalue weighted by Gasteiger charge is -2.16. The Morgan fingerprint density at radius 1 is 1.41 bits per heavy atom. The maximum Gasteiger partial charge on any atom is 0.222 e. The fraction of sp³-hybridized carbons (Fsp3) is 0.600. The van der Waals surface area contributed by atoms with Crippen LogP contribution in [0.25, 0.3) is 11.2 Å². The molecule has 1 atom stereocenters. The number of imidazole rings is 1. The number of anilines is 1. The second kappa shape index (κ2) is 5.90. The molecular formula is C15H22N6O. The molecule has 0 unspecified atom stereocenters. The molecule has 0 saturated carbocycles. The molecule has 0 spiro atoms. The van der Waals surface area contributed by atoms with Gasteiger partial charge in [0.2, 0.25) is 5.91 Å². The van der Waals surface area contributed by atoms with Gasteiger partial charge in [-0.15, -0.1) is 0 Å². The number of aromatic nitrogens is 4. The molecule has 1 aliphatic heterocycles. The first-order valence-corrected chi connectivity index (χ1v) is 7.86. The van der Waals surface area contributed by atoms with Gasteiger partial charge in [-0.3, -0.25) is 4.79 Å². The van der Waals surface area contributed by atoms with Crippen LogP contribution in [-0.2, 0) is 11.3 Å². The minimum Gasteiger partial charge on any atom is -0.364 e. The number of hydrogen-bond acceptors (Lipinski definition) is 5. The van der Waals surface area contributed by atoms with Crippen molar-refractivity contribution in [2.75, 3.05) is 18.4 Å². The third kappa shape index (κ3) is 2.51. The molecule has 0 aromatic carbocycles. The van der Waals surface area contributed by atoms with Crippen LogP contribution in [0.4, 0.5) is 5.82 Å². The average Bonchev–Trinajstić information content (AvgIpc) is 3.10. The van der Waals surface area contributed by atoms with Crippen LogP contribution in [0.3, 0.4) is 0 Å². The number of carbonyl (C=O) groups excluding carboxylic acids is 1. The first kappa shape index (κ1) is 14.7. The number of amides is 1. The van der Waals surface area contributed by atoms with E-state index in [2.05, 4.69) is 31.8 Å². The van der Waals surface area contributed by atoms with Gasteiger partial charge in [0.1, 0.15) is 12.2 Å². The van der Waals surface area contributed by atoms with Gasteiger partial charge in [0.25, 0.3) is 0 Å². The summed E-state index contributed by atoms with van der Waals surface area (Å²) in [6.07, 6.45) is 3.07. The molecule has 2 aromatic rings. The monoisotopic (exact) mass is 302 g/mol. The van der Waals surface area contributed by atoms with E-state index >= 15 is 0 Å². The van der Waals surface area contributed by atoms with Crippen molar-refractivity contribution in [3.05, 3.63) is 12.2 Å². The Morgan fingerprint density at radius 2 is 2.23 bits per heavy atom. The third-order valence-corrected chi connectivity index (χ3v) is 4.22. The van der Waals surface area contributed by atoms with Crippen molar-refractivity contribution in [3.63, 3.8) is 0 Å². The van der Waals surface area contributed by atoms with Crippen molar-refractivity contribution >= 4 is 22.9 Å². The van der Waals surface area contributed by atoms with Crippen molar-refractivity contribution in [1.82, 2.24) is 24.4 Å². The van der Waals surface area contributed by atoms with Gasteiger partial charge >= 0.3 is 0 Å². The summed E-state index contributed by atoms with van der Waals surface area (Å²) in [6, 6.07) is 0.223. The second-order valence-corrected chi connectivity index (χ2v) is 5.62. The summed E-state index contributed by atoms with van der Waals surface area (Å²) in [4.78, 5) is 27.0. The Morgan fingerprint density at radius 3 is 2.95 bits per heavy atom. The van der Waals surface area contributed by atoms with E-state index in [1.165, 1.54) is 0 Å². The van der Waals surface area contributed by atoms with E-state index in [4.69, 9.17) is 0 Å². The fourth-order valence-corrected chi connectivity index (χ4v) is 3.05. The fourth-order valence-electron chi connectivity index (χ4n) is 3.05. The van der Waals surface area contributed by atoms with E-state index in [9.17, 15) is 4.79 Å². The molecule has 2 aromatic heterocycles. The van der Waals surface area contributed by atoms with E-state index < -0.39 is 0 Å². The number of rotatable bonds is 4. The highest BCUT2D eigenvalue weighted by Gasteiger charge is 2.26. The van der Waals surface area contributed by atoms with Crippen LogP contribution in [0.5, 0.6) is 0 Å². The Kier molecular flexibility index (Phi) is 3.96. The maximum atomic E-state index is 11.8. The lowest BCUT2D eigenvalue weighted by atomic mass is 10.2. The molecule has 7 heteroatoms. The van der Waals surface area contributed by atoms with Crippen LogP contribution in [0, 0.1) is 6.92 Å². The van der Waals surface area contributed by atoms with E-state index in [-0.39, 0.29) is 11.9 Å². The van der Waals surface area contributed by atoms with Crippen molar-refractivity contribution in [3.8, 4) is 0 Å². The number of nitrogens with one attached hydrogen (secondary N) is 1. The average molecular weight is 302 g/mol. The van der Waals surface area contributed by atoms with Gasteiger partial charge in [-0.1, -0.05) is 6.92 Å². The highest BCUT2D eigenvalue weighted by molar-refractivity contribution is 5.83. The van der Waals surface area contributed by atoms with Crippen LogP contribution in [0.2, 0.25) is 0 Å². The molecular weight excluding hydrogens is 280 g/mol. The molecule has 3 heterocycles. The molecule has 3 rings (SSSR count). The standard InChI is InChI=1S/C15H22N6O/c1-4-12(22)20-7-6-11(8-20)19-14-13-15(17-9-16-14)21(5-2)10(3)18-13/h9,11H,4-8H2,1-3H3,(H,16,17,19)/t11-/m0/s1. The summed E-state index contributed by atoms with van der Waals surface area (Å²) in [7, 11) is 0. The Labute approximate surface area is 129 Å². The van der Waals surface area contributed by atoms with Gasteiger partial charge in [-0.05, 0) is 20.3 Å². The molecule has 1 amide bonds. The van der Waals surface area contributed by atoms with Gasteiger partial charge < -0.3 is 14.8 Å². The minimum absolute atomic E-state index is 0.211. The summed E-state index contributed by atoms with van der Waals surface area (Å²) in [6.45, 7) is 8.32. The maximum absolute atomic E-state index is 11.8. The number of nitrogens with zero attached hydrogens (tertiary/aromatic N) is 5. The SMILES string of the molecule is CCC(=O)N1CC[C@H](Nc2ncnc3c2nc(C)n3CC)C1. The molecule has 1 N–H and O–H groups in total. The summed E-state index contributed by atoms with van der Waals surface area (Å²) in [5.74, 6) is 1.91. The molecule has 22 heavy (non-hydrogen) atoms. The highest BCUT2D eigenvalue weighted by Crippen LogP contribution is 2.22. The first-order valence-electron chi connectivity index (χ1n) is 7.86. The molecule has 1 saturated heterocycles. The Balaban J connectivity index is 1.82. The Bertz CT molecular complexity index is 695. The van der Waals surface area contributed by atoms with Gasteiger partial charge in [-0.2, -0.15) is 0 Å². The van der Waals surface area contributed by atoms with Crippen molar-refractivity contribution in [2.24, 2.45) is 0 Å². The van der Waals surface area contributed by atoms with E-state index in [1.807, 2.05) is 18.7 Å². The lowest BCUT2D eigenvalue weighted by Crippen LogP contribution is -2.31. The topological polar surface area (TPSA) is 75.9 Å². The zero-order chi connectivity index (χ0) is 15.7. The number of likely N-dealkylation sites (tertiary alicyclic amines) is 1. The normalized spacial score (nSPS) is 18.1. The number of fused-ring (bicyclic) bond motifs is 1. The van der Waals surface area contributed by atoms with Gasteiger partial charge in [0.15, 0.2) is 17.0 Å². The minimum atomic E-state index is 0.211. The molecule has 7 nitrogen and oxygen atoms in total. The van der Waals surface area contributed by atoms with Gasteiger partial charge in [0, 0.05) is 32.1 Å². The van der Waals surface area contributed by atoms with Crippen LogP contribution in [0.1, 0.15) is 32.5 Å². The van der Waals surface area contributed by atoms with Crippen molar-refractivity contribution < 1.29 is 4.79 Å². The molecule has 0 aliphatic carbocycles. The van der Waals surface area contributed by atoms with E-state index in [0.29, 0.717) is 6.42 Å². The highest BCUT2D eigenvalue weighted by atomic mass is 16.2. The summed E-state index contributed by atoms with van der Waals surface area (Å²) < 4.78 is 2.07. The largest absolute Gasteiger partial charge is 0.364 e. The van der Waals surface area contributed by atoms with Crippen LogP contribution < -0.4 is 5.32 Å². The zero-order valence-electron chi connectivity index (χ0n) is 13.3. The smallest absolute Gasteiger partial charge is 0.222 e. The Hall–Kier alpha value is -2.18. The second-order valence-electron chi connectivity index (χ2n) is 5.62. The third-order valence-electron chi connectivity index (χ3n) is 4.22. The number of aryl methyl sites for hydroxylation is 2. The predicted octanol–water partition coefficient (Wildman–Crippen LogP) is 1.58. The van der Waals surface area contributed by atoms with E-state index in [1.54, 1.807) is 6.33 Å². The molecule has 118 valence electrons. The molecule has 1 aliphatic rings. The van der Waals surface area contributed by atoms with Crippen LogP contribution in [-0.4, -0.2) is 49.5 Å². The summed E-state index contributed by atoms with van der Waals surface area (Å²) in [5.41, 5.74) is 1.67. The van der Waals surface area contributed by atoms with Crippen LogP contribution >= 0.6 is 0 Å². The quantitative estimate of drug-likeness (QED) is 0.928. The molecule has 0 radical (unpaired) electrons. The summed E-state index contributed by atoms with van der Waals surface area (Å²) >= 11 is 0. The van der Waals surface area contributed by atoms with E-state index in [0.717, 1.165) is 48.9 Å². The molecule has 0 bridgehead atoms. The van der Waals surface area contributed by atoms with Gasteiger partial charge in [0.05, 0.1) is 0 Å². The zero-order valence-corrected chi connectivity index (χ0v) is 13.3. The molecule has 1 fully saturated rings. The van der Waals surface area contributed by atoms with Crippen molar-refractivity contribution in [1.29, 1.82) is 0 Å². The van der Waals surface area contributed by atoms with Crippen LogP contribution in [0.15, 0.2) is 6.33 Å². The van der Waals surface area contributed by atoms with Gasteiger partial charge in [-0.25, -0.2) is 15.0 Å². The first-order chi connectivity index (χ1) is 10.6. The summed E-state index contributed by atoms with van der Waals surface area (Å²) in [5, 5.41) is 3.44.